The molecule has 0 aliphatic carbocycles. The molecule has 0 unspecified atom stereocenters. The molecule has 3 nitrogen and oxygen atoms in total. The van der Waals surface area contributed by atoms with Crippen molar-refractivity contribution in [2.75, 3.05) is 0 Å². The molecule has 36 heavy (non-hydrogen) atoms. The van der Waals surface area contributed by atoms with Gasteiger partial charge in [0.05, 0.1) is 11.0 Å². The van der Waals surface area contributed by atoms with E-state index in [4.69, 9.17) is 17.2 Å². The van der Waals surface area contributed by atoms with E-state index in [0.29, 0.717) is 25.2 Å². The number of thiocarbonyl (C=S) groups is 1. The van der Waals surface area contributed by atoms with Gasteiger partial charge in [-0.1, -0.05) is 92.3 Å². The fourth-order valence-corrected chi connectivity index (χ4v) is 5.24. The molecular formula is C32H30N2OS. The van der Waals surface area contributed by atoms with E-state index in [9.17, 15) is 4.79 Å². The average Bonchev–Trinajstić information content (AvgIpc) is 3.29. The minimum atomic E-state index is 0.158. The second-order valence-electron chi connectivity index (χ2n) is 9.90. The molecule has 0 spiro atoms. The molecule has 1 aromatic heterocycles. The molecule has 5 aromatic rings. The van der Waals surface area contributed by atoms with Crippen molar-refractivity contribution in [1.82, 2.24) is 9.55 Å². The first-order valence-electron chi connectivity index (χ1n) is 12.5. The van der Waals surface area contributed by atoms with Gasteiger partial charge in [-0.2, -0.15) is 0 Å². The van der Waals surface area contributed by atoms with Crippen LogP contribution >= 0.6 is 12.2 Å². The largest absolute Gasteiger partial charge is 0.299 e. The summed E-state index contributed by atoms with van der Waals surface area (Å²) in [5.74, 6) is 0.596. The molecule has 0 saturated carbocycles. The zero-order chi connectivity index (χ0) is 25.2. The fraction of sp³-hybridized carbons (Fsp3) is 0.219. The molecular weight excluding hydrogens is 460 g/mol. The van der Waals surface area contributed by atoms with E-state index in [1.807, 2.05) is 18.5 Å². The third-order valence-corrected chi connectivity index (χ3v) is 7.06. The van der Waals surface area contributed by atoms with Crippen LogP contribution in [0.1, 0.15) is 48.4 Å². The van der Waals surface area contributed by atoms with Gasteiger partial charge in [-0.25, -0.2) is 4.98 Å². The highest BCUT2D eigenvalue weighted by atomic mass is 32.1. The molecule has 0 bridgehead atoms. The molecule has 1 heterocycles. The molecule has 0 atom stereocenters. The summed E-state index contributed by atoms with van der Waals surface area (Å²) in [5, 5.41) is 2.19. The van der Waals surface area contributed by atoms with E-state index >= 15 is 0 Å². The number of aromatic nitrogens is 2. The van der Waals surface area contributed by atoms with Crippen molar-refractivity contribution < 1.29 is 4.79 Å². The Hall–Kier alpha value is -3.63. The fourth-order valence-electron chi connectivity index (χ4n) is 4.92. The Morgan fingerprint density at radius 3 is 2.50 bits per heavy atom. The molecule has 180 valence electrons. The van der Waals surface area contributed by atoms with Crippen LogP contribution in [0, 0.1) is 6.92 Å². The van der Waals surface area contributed by atoms with Crippen molar-refractivity contribution in [3.05, 3.63) is 107 Å². The number of carbonyl (C=O) groups is 1. The Labute approximate surface area is 217 Å². The lowest BCUT2D eigenvalue weighted by atomic mass is 9.93. The van der Waals surface area contributed by atoms with Crippen LogP contribution in [0.4, 0.5) is 0 Å². The van der Waals surface area contributed by atoms with Gasteiger partial charge in [-0.05, 0) is 53.1 Å². The second-order valence-corrected chi connectivity index (χ2v) is 10.5. The maximum absolute atomic E-state index is 12.9. The standard InChI is InChI=1S/C32H30N2OS/c1-21(2)29-7-5-4-6-24(29)18-28(36)19-27(35)17-23-10-14-30-25(16-23)11-15-31-32(30)33-20-34(31)26-12-8-22(3)9-13-26/h4-16,20-21H,17-19H2,1-3H3. The Bertz CT molecular complexity index is 1580. The number of Topliss-reactive ketones (excluding diaryl/α,β-unsaturated/α-hetero) is 1. The summed E-state index contributed by atoms with van der Waals surface area (Å²) in [6.45, 7) is 6.46. The third kappa shape index (κ3) is 5.00. The highest BCUT2D eigenvalue weighted by molar-refractivity contribution is 7.80. The molecule has 4 heteroatoms. The number of carbonyl (C=O) groups excluding carboxylic acids is 1. The Morgan fingerprint density at radius 2 is 1.72 bits per heavy atom. The van der Waals surface area contributed by atoms with Crippen LogP contribution < -0.4 is 0 Å². The van der Waals surface area contributed by atoms with Gasteiger partial charge in [-0.3, -0.25) is 9.36 Å². The lowest BCUT2D eigenvalue weighted by Gasteiger charge is -2.13. The number of benzene rings is 4. The monoisotopic (exact) mass is 490 g/mol. The van der Waals surface area contributed by atoms with Crippen LogP contribution in [0.5, 0.6) is 0 Å². The summed E-state index contributed by atoms with van der Waals surface area (Å²) in [7, 11) is 0. The molecule has 0 saturated heterocycles. The minimum Gasteiger partial charge on any atom is -0.299 e. The van der Waals surface area contributed by atoms with Crippen LogP contribution in [0.3, 0.4) is 0 Å². The number of ketones is 1. The quantitative estimate of drug-likeness (QED) is 0.209. The predicted octanol–water partition coefficient (Wildman–Crippen LogP) is 7.72. The number of imidazole rings is 1. The molecule has 5 rings (SSSR count). The number of hydrogen-bond acceptors (Lipinski definition) is 3. The van der Waals surface area contributed by atoms with E-state index in [1.54, 1.807) is 0 Å². The van der Waals surface area contributed by atoms with Crippen molar-refractivity contribution in [3.63, 3.8) is 0 Å². The first-order valence-corrected chi connectivity index (χ1v) is 12.9. The van der Waals surface area contributed by atoms with Gasteiger partial charge in [0.25, 0.3) is 0 Å². The highest BCUT2D eigenvalue weighted by Gasteiger charge is 2.13. The van der Waals surface area contributed by atoms with Crippen LogP contribution in [-0.4, -0.2) is 20.2 Å². The lowest BCUT2D eigenvalue weighted by Crippen LogP contribution is -2.12. The summed E-state index contributed by atoms with van der Waals surface area (Å²) in [6.07, 6.45) is 3.27. The summed E-state index contributed by atoms with van der Waals surface area (Å²) in [6, 6.07) is 27.3. The molecule has 4 aromatic carbocycles. The maximum atomic E-state index is 12.9. The SMILES string of the molecule is Cc1ccc(-n2cnc3c4ccc(CC(=O)CC(=S)Cc5ccccc5C(C)C)cc4ccc32)cc1. The first kappa shape index (κ1) is 24.1. The normalized spacial score (nSPS) is 11.4. The van der Waals surface area contributed by atoms with Crippen LogP contribution in [0.2, 0.25) is 0 Å². The van der Waals surface area contributed by atoms with Crippen molar-refractivity contribution in [2.45, 2.75) is 46.0 Å². The molecule has 0 aliphatic heterocycles. The van der Waals surface area contributed by atoms with Gasteiger partial charge in [0.2, 0.25) is 0 Å². The lowest BCUT2D eigenvalue weighted by molar-refractivity contribution is -0.117. The van der Waals surface area contributed by atoms with Crippen molar-refractivity contribution >= 4 is 44.7 Å². The van der Waals surface area contributed by atoms with Crippen LogP contribution in [0.25, 0.3) is 27.5 Å². The Kier molecular flexibility index (Phi) is 6.80. The van der Waals surface area contributed by atoms with E-state index < -0.39 is 0 Å². The third-order valence-electron chi connectivity index (χ3n) is 6.77. The molecule has 0 amide bonds. The first-order chi connectivity index (χ1) is 17.4. The molecule has 0 fully saturated rings. The zero-order valence-corrected chi connectivity index (χ0v) is 21.8. The molecule has 0 radical (unpaired) electrons. The zero-order valence-electron chi connectivity index (χ0n) is 21.0. The van der Waals surface area contributed by atoms with Gasteiger partial charge < -0.3 is 0 Å². The smallest absolute Gasteiger partial charge is 0.142 e. The maximum Gasteiger partial charge on any atom is 0.142 e. The van der Waals surface area contributed by atoms with Gasteiger partial charge >= 0.3 is 0 Å². The van der Waals surface area contributed by atoms with Crippen LogP contribution in [0.15, 0.2) is 85.2 Å². The van der Waals surface area contributed by atoms with Gasteiger partial charge in [-0.15, -0.1) is 0 Å². The number of nitrogens with zero attached hydrogens (tertiary/aromatic N) is 2. The van der Waals surface area contributed by atoms with E-state index in [0.717, 1.165) is 37.9 Å². The van der Waals surface area contributed by atoms with Gasteiger partial charge in [0, 0.05) is 35.2 Å². The Morgan fingerprint density at radius 1 is 0.944 bits per heavy atom. The number of aryl methyl sites for hydroxylation is 1. The summed E-state index contributed by atoms with van der Waals surface area (Å²) in [5.41, 5.74) is 7.91. The van der Waals surface area contributed by atoms with Crippen molar-refractivity contribution in [1.29, 1.82) is 0 Å². The van der Waals surface area contributed by atoms with Crippen molar-refractivity contribution in [3.8, 4) is 5.69 Å². The minimum absolute atomic E-state index is 0.158. The summed E-state index contributed by atoms with van der Waals surface area (Å²) in [4.78, 5) is 18.4. The van der Waals surface area contributed by atoms with Crippen molar-refractivity contribution in [2.24, 2.45) is 0 Å². The molecule has 0 N–H and O–H groups in total. The van der Waals surface area contributed by atoms with Crippen LogP contribution in [-0.2, 0) is 17.6 Å². The summed E-state index contributed by atoms with van der Waals surface area (Å²) >= 11 is 5.62. The van der Waals surface area contributed by atoms with Gasteiger partial charge in [0.15, 0.2) is 0 Å². The van der Waals surface area contributed by atoms with Gasteiger partial charge in [0.1, 0.15) is 12.1 Å². The summed E-state index contributed by atoms with van der Waals surface area (Å²) < 4.78 is 2.12. The topological polar surface area (TPSA) is 34.9 Å². The van der Waals surface area contributed by atoms with E-state index in [1.165, 1.54) is 16.7 Å². The highest BCUT2D eigenvalue weighted by Crippen LogP contribution is 2.28. The van der Waals surface area contributed by atoms with E-state index in [2.05, 4.69) is 92.1 Å². The Balaban J connectivity index is 1.31. The van der Waals surface area contributed by atoms with E-state index in [-0.39, 0.29) is 5.78 Å². The number of hydrogen-bond donors (Lipinski definition) is 0. The number of fused-ring (bicyclic) bond motifs is 3. The predicted molar refractivity (Wildman–Crippen MR) is 153 cm³/mol. The number of rotatable bonds is 8. The molecule has 0 aliphatic rings. The average molecular weight is 491 g/mol. The second kappa shape index (κ2) is 10.2.